The van der Waals surface area contributed by atoms with Crippen LogP contribution in [-0.4, -0.2) is 15.5 Å². The summed E-state index contributed by atoms with van der Waals surface area (Å²) in [6.07, 6.45) is 0. The number of carbonyl (C=O) groups is 1. The first-order chi connectivity index (χ1) is 9.63. The highest BCUT2D eigenvalue weighted by atomic mass is 35.5. The van der Waals surface area contributed by atoms with Gasteiger partial charge in [0.2, 0.25) is 0 Å². The average Bonchev–Trinajstić information content (AvgIpc) is 2.90. The molecule has 1 N–H and O–H groups in total. The number of hydrogen-bond donors (Lipinski definition) is 1. The summed E-state index contributed by atoms with van der Waals surface area (Å²) in [4.78, 5) is 12.2. The maximum atomic E-state index is 12.2. The lowest BCUT2D eigenvalue weighted by Gasteiger charge is -2.06. The Morgan fingerprint density at radius 1 is 1.10 bits per heavy atom. The van der Waals surface area contributed by atoms with Crippen molar-refractivity contribution >= 4 is 56.5 Å². The van der Waals surface area contributed by atoms with Gasteiger partial charge in [0.05, 0.1) is 14.7 Å². The third-order valence-electron chi connectivity index (χ3n) is 2.69. The highest BCUT2D eigenvalue weighted by Crippen LogP contribution is 2.25. The Balaban J connectivity index is 1.86. The van der Waals surface area contributed by atoms with Gasteiger partial charge in [0, 0.05) is 11.3 Å². The van der Waals surface area contributed by atoms with Crippen LogP contribution in [-0.2, 0) is 0 Å². The Labute approximate surface area is 128 Å². The van der Waals surface area contributed by atoms with E-state index in [1.165, 1.54) is 11.5 Å². The highest BCUT2D eigenvalue weighted by molar-refractivity contribution is 7.12. The number of benzene rings is 2. The summed E-state index contributed by atoms with van der Waals surface area (Å²) in [7, 11) is 0. The van der Waals surface area contributed by atoms with Gasteiger partial charge in [-0.05, 0) is 47.9 Å². The fourth-order valence-electron chi connectivity index (χ4n) is 1.70. The zero-order chi connectivity index (χ0) is 14.1. The second kappa shape index (κ2) is 5.36. The Morgan fingerprint density at radius 2 is 1.95 bits per heavy atom. The third kappa shape index (κ3) is 2.60. The summed E-state index contributed by atoms with van der Waals surface area (Å²) >= 11 is 13.0. The van der Waals surface area contributed by atoms with Crippen molar-refractivity contribution in [2.24, 2.45) is 0 Å². The van der Waals surface area contributed by atoms with E-state index in [0.29, 0.717) is 21.3 Å². The molecule has 0 radical (unpaired) electrons. The molecule has 0 aliphatic rings. The number of aromatic nitrogens is 2. The summed E-state index contributed by atoms with van der Waals surface area (Å²) in [5, 5.41) is 7.54. The van der Waals surface area contributed by atoms with Crippen molar-refractivity contribution in [3.8, 4) is 0 Å². The second-order valence-electron chi connectivity index (χ2n) is 4.04. The molecular weight excluding hydrogens is 317 g/mol. The van der Waals surface area contributed by atoms with Crippen LogP contribution in [0.1, 0.15) is 10.4 Å². The van der Waals surface area contributed by atoms with Gasteiger partial charge in [0.15, 0.2) is 0 Å². The molecule has 2 aromatic carbocycles. The summed E-state index contributed by atoms with van der Waals surface area (Å²) < 4.78 is 4.70. The molecule has 0 bridgehead atoms. The first kappa shape index (κ1) is 13.3. The molecule has 20 heavy (non-hydrogen) atoms. The summed E-state index contributed by atoms with van der Waals surface area (Å²) in [5.74, 6) is -0.223. The number of halogens is 2. The largest absolute Gasteiger partial charge is 0.322 e. The van der Waals surface area contributed by atoms with Gasteiger partial charge in [-0.1, -0.05) is 27.7 Å². The van der Waals surface area contributed by atoms with Crippen molar-refractivity contribution in [2.45, 2.75) is 0 Å². The van der Waals surface area contributed by atoms with Crippen LogP contribution in [0.15, 0.2) is 36.4 Å². The molecule has 0 aliphatic carbocycles. The zero-order valence-corrected chi connectivity index (χ0v) is 12.3. The summed E-state index contributed by atoms with van der Waals surface area (Å²) in [6, 6.07) is 10.2. The van der Waals surface area contributed by atoms with Crippen LogP contribution in [0, 0.1) is 0 Å². The van der Waals surface area contributed by atoms with Gasteiger partial charge in [-0.15, -0.1) is 5.10 Å². The molecule has 100 valence electrons. The number of amides is 1. The van der Waals surface area contributed by atoms with Crippen LogP contribution < -0.4 is 5.32 Å². The number of hydrogen-bond acceptors (Lipinski definition) is 4. The number of nitrogens with one attached hydrogen (secondary N) is 1. The van der Waals surface area contributed by atoms with Crippen molar-refractivity contribution < 1.29 is 4.79 Å². The van der Waals surface area contributed by atoms with Crippen LogP contribution in [0.4, 0.5) is 5.69 Å². The van der Waals surface area contributed by atoms with Gasteiger partial charge in [-0.3, -0.25) is 4.79 Å². The quantitative estimate of drug-likeness (QED) is 0.767. The van der Waals surface area contributed by atoms with Gasteiger partial charge in [-0.25, -0.2) is 0 Å². The van der Waals surface area contributed by atoms with Crippen LogP contribution in [0.2, 0.25) is 10.0 Å². The van der Waals surface area contributed by atoms with Crippen LogP contribution in [0.25, 0.3) is 10.2 Å². The minimum absolute atomic E-state index is 0.223. The van der Waals surface area contributed by atoms with Gasteiger partial charge < -0.3 is 5.32 Å². The van der Waals surface area contributed by atoms with E-state index in [2.05, 4.69) is 14.9 Å². The van der Waals surface area contributed by atoms with Gasteiger partial charge in [0.25, 0.3) is 5.91 Å². The molecule has 0 atom stereocenters. The first-order valence-corrected chi connectivity index (χ1v) is 7.15. The molecule has 1 aromatic heterocycles. The van der Waals surface area contributed by atoms with E-state index >= 15 is 0 Å². The van der Waals surface area contributed by atoms with E-state index in [1.54, 1.807) is 36.4 Å². The zero-order valence-electron chi connectivity index (χ0n) is 9.93. The molecule has 7 heteroatoms. The number of rotatable bonds is 2. The van der Waals surface area contributed by atoms with E-state index < -0.39 is 0 Å². The molecule has 0 unspecified atom stereocenters. The standard InChI is InChI=1S/C13H7Cl2N3OS/c14-9-3-2-8(6-10(9)15)16-13(19)7-1-4-11-12(5-7)20-18-17-11/h1-6H,(H,16,19). The van der Waals surface area contributed by atoms with Crippen molar-refractivity contribution in [3.05, 3.63) is 52.0 Å². The molecule has 1 amide bonds. The fourth-order valence-corrected chi connectivity index (χ4v) is 2.59. The lowest BCUT2D eigenvalue weighted by atomic mass is 10.2. The molecule has 4 nitrogen and oxygen atoms in total. The molecule has 0 spiro atoms. The molecule has 0 aliphatic heterocycles. The highest BCUT2D eigenvalue weighted by Gasteiger charge is 2.09. The number of fused-ring (bicyclic) bond motifs is 1. The number of anilines is 1. The molecule has 0 fully saturated rings. The monoisotopic (exact) mass is 323 g/mol. The van der Waals surface area contributed by atoms with E-state index in [9.17, 15) is 4.79 Å². The van der Waals surface area contributed by atoms with Crippen LogP contribution in [0.5, 0.6) is 0 Å². The molecule has 1 heterocycles. The van der Waals surface area contributed by atoms with E-state index in [0.717, 1.165) is 10.2 Å². The predicted octanol–water partition coefficient (Wildman–Crippen LogP) is 4.25. The number of nitrogens with zero attached hydrogens (tertiary/aromatic N) is 2. The second-order valence-corrected chi connectivity index (χ2v) is 5.64. The lowest BCUT2D eigenvalue weighted by molar-refractivity contribution is 0.102. The van der Waals surface area contributed by atoms with Crippen molar-refractivity contribution in [3.63, 3.8) is 0 Å². The van der Waals surface area contributed by atoms with Gasteiger partial charge in [0.1, 0.15) is 5.52 Å². The first-order valence-electron chi connectivity index (χ1n) is 5.62. The molecule has 3 aromatic rings. The Hall–Kier alpha value is -1.69. The Morgan fingerprint density at radius 3 is 2.75 bits per heavy atom. The smallest absolute Gasteiger partial charge is 0.255 e. The topological polar surface area (TPSA) is 54.9 Å². The number of carbonyl (C=O) groups excluding carboxylic acids is 1. The maximum absolute atomic E-state index is 12.2. The van der Waals surface area contributed by atoms with Crippen molar-refractivity contribution in [1.82, 2.24) is 9.59 Å². The van der Waals surface area contributed by atoms with Crippen molar-refractivity contribution in [1.29, 1.82) is 0 Å². The van der Waals surface area contributed by atoms with Crippen LogP contribution >= 0.6 is 34.7 Å². The van der Waals surface area contributed by atoms with Gasteiger partial charge >= 0.3 is 0 Å². The van der Waals surface area contributed by atoms with Crippen molar-refractivity contribution in [2.75, 3.05) is 5.32 Å². The molecule has 3 rings (SSSR count). The fraction of sp³-hybridized carbons (Fsp3) is 0. The maximum Gasteiger partial charge on any atom is 0.255 e. The molecule has 0 saturated heterocycles. The lowest BCUT2D eigenvalue weighted by Crippen LogP contribution is -2.11. The summed E-state index contributed by atoms with van der Waals surface area (Å²) in [6.45, 7) is 0. The molecular formula is C13H7Cl2N3OS. The molecule has 0 saturated carbocycles. The van der Waals surface area contributed by atoms with E-state index in [4.69, 9.17) is 23.2 Å². The Bertz CT molecular complexity index is 803. The van der Waals surface area contributed by atoms with Crippen LogP contribution in [0.3, 0.4) is 0 Å². The average molecular weight is 324 g/mol. The third-order valence-corrected chi connectivity index (χ3v) is 4.11. The minimum Gasteiger partial charge on any atom is -0.322 e. The SMILES string of the molecule is O=C(Nc1ccc(Cl)c(Cl)c1)c1ccc2nnsc2c1. The van der Waals surface area contributed by atoms with E-state index in [-0.39, 0.29) is 5.91 Å². The minimum atomic E-state index is -0.223. The van der Waals surface area contributed by atoms with E-state index in [1.807, 2.05) is 0 Å². The Kier molecular flexibility index (Phi) is 3.56. The normalized spacial score (nSPS) is 10.7. The summed E-state index contributed by atoms with van der Waals surface area (Å²) in [5.41, 5.74) is 1.91. The van der Waals surface area contributed by atoms with Gasteiger partial charge in [-0.2, -0.15) is 0 Å². The predicted molar refractivity (Wildman–Crippen MR) is 81.8 cm³/mol.